The molecule has 32 heavy (non-hydrogen) atoms. The number of phenols is 1. The Morgan fingerprint density at radius 1 is 1.19 bits per heavy atom. The van der Waals surface area contributed by atoms with Crippen LogP contribution in [-0.2, 0) is 13.0 Å². The number of hydrogen-bond donors (Lipinski definition) is 2. The molecule has 7 heteroatoms. The zero-order valence-corrected chi connectivity index (χ0v) is 18.9. The van der Waals surface area contributed by atoms with Gasteiger partial charge in [-0.15, -0.1) is 0 Å². The van der Waals surface area contributed by atoms with Crippen molar-refractivity contribution in [2.24, 2.45) is 5.92 Å². The molecule has 1 saturated heterocycles. The van der Waals surface area contributed by atoms with Gasteiger partial charge < -0.3 is 20.1 Å². The summed E-state index contributed by atoms with van der Waals surface area (Å²) in [5, 5.41) is 18.0. The number of aromatic hydroxyl groups is 1. The number of likely N-dealkylation sites (tertiary alicyclic amines) is 1. The number of ether oxygens (including phenoxy) is 1. The number of carbonyl (C=O) groups is 1. The highest BCUT2D eigenvalue weighted by molar-refractivity contribution is 6.05. The molecule has 2 heterocycles. The lowest BCUT2D eigenvalue weighted by molar-refractivity contribution is 0.0927. The topological polar surface area (TPSA) is 79.6 Å². The average Bonchev–Trinajstić information content (AvgIpc) is 3.20. The Morgan fingerprint density at radius 2 is 1.94 bits per heavy atom. The molecule has 0 bridgehead atoms. The lowest BCUT2D eigenvalue weighted by atomic mass is 9.96. The van der Waals surface area contributed by atoms with E-state index < -0.39 is 0 Å². The van der Waals surface area contributed by atoms with Crippen LogP contribution < -0.4 is 10.1 Å². The summed E-state index contributed by atoms with van der Waals surface area (Å²) in [6.07, 6.45) is 3.15. The molecule has 170 valence electrons. The quantitative estimate of drug-likeness (QED) is 0.565. The Labute approximate surface area is 189 Å². The van der Waals surface area contributed by atoms with E-state index in [-0.39, 0.29) is 5.91 Å². The second kappa shape index (κ2) is 10.0. The minimum atomic E-state index is -0.0719. The zero-order valence-electron chi connectivity index (χ0n) is 18.9. The smallest absolute Gasteiger partial charge is 0.270 e. The molecule has 4 rings (SSSR count). The molecule has 0 spiro atoms. The zero-order chi connectivity index (χ0) is 22.5. The van der Waals surface area contributed by atoms with Crippen molar-refractivity contribution in [3.05, 3.63) is 53.7 Å². The first-order valence-corrected chi connectivity index (χ1v) is 11.4. The lowest BCUT2D eigenvalue weighted by Gasteiger charge is -2.32. The maximum atomic E-state index is 13.0. The standard InChI is InChI=1S/C25H32N4O3/c1-3-29-24(22-16-21(32-2)8-9-23(22)27-29)25(31)26-17-19-11-14-28(15-12-19)13-10-18-4-6-20(30)7-5-18/h4-9,16,19,30H,3,10-15,17H2,1-2H3,(H,26,31). The van der Waals surface area contributed by atoms with E-state index in [0.717, 1.165) is 55.5 Å². The fourth-order valence-corrected chi connectivity index (χ4v) is 4.39. The fourth-order valence-electron chi connectivity index (χ4n) is 4.39. The van der Waals surface area contributed by atoms with Crippen LogP contribution in [0.25, 0.3) is 10.9 Å². The molecule has 0 unspecified atom stereocenters. The molecule has 0 radical (unpaired) electrons. The van der Waals surface area contributed by atoms with Crippen LogP contribution in [0.5, 0.6) is 11.5 Å². The summed E-state index contributed by atoms with van der Waals surface area (Å²) >= 11 is 0. The number of piperidine rings is 1. The van der Waals surface area contributed by atoms with Gasteiger partial charge in [-0.3, -0.25) is 9.48 Å². The Kier molecular flexibility index (Phi) is 6.95. The van der Waals surface area contributed by atoms with Crippen LogP contribution in [0.4, 0.5) is 0 Å². The Morgan fingerprint density at radius 3 is 2.62 bits per heavy atom. The van der Waals surface area contributed by atoms with E-state index in [0.29, 0.717) is 30.5 Å². The number of hydrogen-bond acceptors (Lipinski definition) is 5. The van der Waals surface area contributed by atoms with Crippen molar-refractivity contribution in [2.75, 3.05) is 33.3 Å². The first-order chi connectivity index (χ1) is 15.6. The van der Waals surface area contributed by atoms with Crippen LogP contribution in [0.1, 0.15) is 35.8 Å². The van der Waals surface area contributed by atoms with Gasteiger partial charge in [-0.25, -0.2) is 0 Å². The predicted octanol–water partition coefficient (Wildman–Crippen LogP) is 3.45. The number of benzene rings is 2. The maximum absolute atomic E-state index is 13.0. The molecular formula is C25H32N4O3. The van der Waals surface area contributed by atoms with Gasteiger partial charge >= 0.3 is 0 Å². The Balaban J connectivity index is 1.29. The van der Waals surface area contributed by atoms with Crippen LogP contribution in [0, 0.1) is 5.92 Å². The molecule has 0 aliphatic carbocycles. The average molecular weight is 437 g/mol. The largest absolute Gasteiger partial charge is 0.508 e. The Bertz CT molecular complexity index is 1050. The molecule has 1 aliphatic rings. The third-order valence-electron chi connectivity index (χ3n) is 6.37. The number of nitrogens with one attached hydrogen (secondary N) is 1. The van der Waals surface area contributed by atoms with E-state index >= 15 is 0 Å². The highest BCUT2D eigenvalue weighted by Gasteiger charge is 2.22. The third-order valence-corrected chi connectivity index (χ3v) is 6.37. The van der Waals surface area contributed by atoms with E-state index in [2.05, 4.69) is 15.3 Å². The molecule has 1 fully saturated rings. The van der Waals surface area contributed by atoms with Crippen molar-refractivity contribution in [2.45, 2.75) is 32.7 Å². The van der Waals surface area contributed by atoms with Gasteiger partial charge in [-0.2, -0.15) is 5.10 Å². The summed E-state index contributed by atoms with van der Waals surface area (Å²) < 4.78 is 7.10. The minimum Gasteiger partial charge on any atom is -0.508 e. The molecular weight excluding hydrogens is 404 g/mol. The minimum absolute atomic E-state index is 0.0719. The van der Waals surface area contributed by atoms with Gasteiger partial charge in [-0.1, -0.05) is 12.1 Å². The molecule has 2 N–H and O–H groups in total. The molecule has 3 aromatic rings. The number of methoxy groups -OCH3 is 1. The predicted molar refractivity (Wildman–Crippen MR) is 125 cm³/mol. The SMILES string of the molecule is CCn1nc2ccc(OC)cc2c1C(=O)NCC1CCN(CCc2ccc(O)cc2)CC1. The number of phenolic OH excluding ortho intramolecular Hbond substituents is 1. The van der Waals surface area contributed by atoms with Gasteiger partial charge in [0.25, 0.3) is 5.91 Å². The van der Waals surface area contributed by atoms with Crippen LogP contribution in [0.15, 0.2) is 42.5 Å². The first-order valence-electron chi connectivity index (χ1n) is 11.4. The Hall–Kier alpha value is -3.06. The molecule has 7 nitrogen and oxygen atoms in total. The number of carbonyl (C=O) groups excluding carboxylic acids is 1. The highest BCUT2D eigenvalue weighted by atomic mass is 16.5. The maximum Gasteiger partial charge on any atom is 0.270 e. The van der Waals surface area contributed by atoms with Crippen molar-refractivity contribution < 1.29 is 14.6 Å². The molecule has 0 saturated carbocycles. The van der Waals surface area contributed by atoms with Gasteiger partial charge in [0.15, 0.2) is 0 Å². The molecule has 1 aromatic heterocycles. The second-order valence-electron chi connectivity index (χ2n) is 8.46. The van der Waals surface area contributed by atoms with Crippen molar-refractivity contribution in [3.8, 4) is 11.5 Å². The monoisotopic (exact) mass is 436 g/mol. The number of rotatable bonds is 8. The number of amides is 1. The number of nitrogens with zero attached hydrogens (tertiary/aromatic N) is 3. The van der Waals surface area contributed by atoms with Gasteiger partial charge in [-0.05, 0) is 81.1 Å². The number of fused-ring (bicyclic) bond motifs is 1. The summed E-state index contributed by atoms with van der Waals surface area (Å²) in [5.74, 6) is 1.45. The number of aryl methyl sites for hydroxylation is 1. The number of aromatic nitrogens is 2. The van der Waals surface area contributed by atoms with Gasteiger partial charge in [0.2, 0.25) is 0 Å². The van der Waals surface area contributed by atoms with E-state index in [9.17, 15) is 9.90 Å². The van der Waals surface area contributed by atoms with E-state index in [1.807, 2.05) is 37.3 Å². The van der Waals surface area contributed by atoms with Crippen molar-refractivity contribution >= 4 is 16.8 Å². The third kappa shape index (κ3) is 5.05. The highest BCUT2D eigenvalue weighted by Crippen LogP contribution is 2.24. The van der Waals surface area contributed by atoms with Crippen molar-refractivity contribution in [3.63, 3.8) is 0 Å². The normalized spacial score (nSPS) is 15.2. The van der Waals surface area contributed by atoms with Crippen LogP contribution in [0.3, 0.4) is 0 Å². The van der Waals surface area contributed by atoms with Gasteiger partial charge in [0.05, 0.1) is 12.6 Å². The fraction of sp³-hybridized carbons (Fsp3) is 0.440. The first kappa shape index (κ1) is 22.1. The van der Waals surface area contributed by atoms with Crippen LogP contribution in [0.2, 0.25) is 0 Å². The summed E-state index contributed by atoms with van der Waals surface area (Å²) in [4.78, 5) is 15.5. The van der Waals surface area contributed by atoms with Crippen LogP contribution >= 0.6 is 0 Å². The molecule has 2 aromatic carbocycles. The van der Waals surface area contributed by atoms with E-state index in [1.165, 1.54) is 5.56 Å². The van der Waals surface area contributed by atoms with Crippen molar-refractivity contribution in [1.29, 1.82) is 0 Å². The molecule has 1 amide bonds. The summed E-state index contributed by atoms with van der Waals surface area (Å²) in [6.45, 7) is 6.43. The second-order valence-corrected chi connectivity index (χ2v) is 8.46. The van der Waals surface area contributed by atoms with E-state index in [4.69, 9.17) is 4.74 Å². The molecule has 1 aliphatic heterocycles. The van der Waals surface area contributed by atoms with E-state index in [1.54, 1.807) is 23.9 Å². The van der Waals surface area contributed by atoms with Gasteiger partial charge in [0.1, 0.15) is 17.2 Å². The molecule has 0 atom stereocenters. The summed E-state index contributed by atoms with van der Waals surface area (Å²) in [5.41, 5.74) is 2.65. The van der Waals surface area contributed by atoms with Crippen LogP contribution in [-0.4, -0.2) is 59.0 Å². The van der Waals surface area contributed by atoms with Gasteiger partial charge in [0, 0.05) is 25.0 Å². The lowest BCUT2D eigenvalue weighted by Crippen LogP contribution is -2.39. The summed E-state index contributed by atoms with van der Waals surface area (Å²) in [7, 11) is 1.63. The summed E-state index contributed by atoms with van der Waals surface area (Å²) in [6, 6.07) is 13.1. The van der Waals surface area contributed by atoms with Crippen molar-refractivity contribution in [1.82, 2.24) is 20.0 Å².